The number of carboxylic acid groups (broad SMARTS) is 1. The molecule has 0 unspecified atom stereocenters. The van der Waals surface area contributed by atoms with Crippen molar-refractivity contribution in [3.8, 4) is 0 Å². The fraction of sp³-hybridized carbons (Fsp3) is 0.385. The molecule has 0 saturated heterocycles. The minimum absolute atomic E-state index is 0.0645. The van der Waals surface area contributed by atoms with E-state index in [0.29, 0.717) is 22.1 Å². The van der Waals surface area contributed by atoms with Crippen molar-refractivity contribution < 1.29 is 19.2 Å². The first-order chi connectivity index (χ1) is 9.82. The number of carbonyl (C=O) groups is 2. The molecule has 0 fully saturated rings. The lowest BCUT2D eigenvalue weighted by Crippen LogP contribution is -2.28. The van der Waals surface area contributed by atoms with Crippen molar-refractivity contribution in [3.63, 3.8) is 0 Å². The van der Waals surface area contributed by atoms with E-state index in [9.17, 15) is 14.7 Å². The predicted molar refractivity (Wildman–Crippen MR) is 76.9 cm³/mol. The van der Waals surface area contributed by atoms with Crippen molar-refractivity contribution in [1.29, 1.82) is 0 Å². The number of nitrogens with zero attached hydrogens (tertiary/aromatic N) is 3. The molecule has 2 aromatic heterocycles. The molecule has 0 atom stereocenters. The molecule has 7 nitrogen and oxygen atoms in total. The van der Waals surface area contributed by atoms with Crippen LogP contribution in [-0.2, 0) is 11.2 Å². The molecule has 1 N–H and O–H groups in total. The number of carboxylic acids is 1. The minimum atomic E-state index is -1.09. The van der Waals surface area contributed by atoms with Gasteiger partial charge in [0.2, 0.25) is 5.91 Å². The van der Waals surface area contributed by atoms with E-state index in [-0.39, 0.29) is 17.9 Å². The van der Waals surface area contributed by atoms with Gasteiger partial charge in [-0.2, -0.15) is 4.37 Å². The summed E-state index contributed by atoms with van der Waals surface area (Å²) < 4.78 is 9.03. The minimum Gasteiger partial charge on any atom is -0.478 e. The van der Waals surface area contributed by atoms with Crippen LogP contribution in [0.5, 0.6) is 0 Å². The number of aromatic nitrogens is 2. The third-order valence-corrected chi connectivity index (χ3v) is 4.26. The molecule has 8 heteroatoms. The summed E-state index contributed by atoms with van der Waals surface area (Å²) in [5.74, 6) is -0.739. The second-order valence-corrected chi connectivity index (χ2v) is 5.44. The van der Waals surface area contributed by atoms with E-state index in [2.05, 4.69) is 9.53 Å². The zero-order valence-corrected chi connectivity index (χ0v) is 12.9. The van der Waals surface area contributed by atoms with Crippen LogP contribution in [0.15, 0.2) is 4.52 Å². The van der Waals surface area contributed by atoms with Gasteiger partial charge < -0.3 is 14.5 Å². The largest absolute Gasteiger partial charge is 0.478 e. The van der Waals surface area contributed by atoms with Gasteiger partial charge in [0.25, 0.3) is 0 Å². The Morgan fingerprint density at radius 1 is 1.29 bits per heavy atom. The van der Waals surface area contributed by atoms with Gasteiger partial charge in [0.15, 0.2) is 0 Å². The Labute approximate surface area is 125 Å². The van der Waals surface area contributed by atoms with Gasteiger partial charge in [0, 0.05) is 12.6 Å². The highest BCUT2D eigenvalue weighted by Gasteiger charge is 2.25. The number of hydrogen-bond donors (Lipinski definition) is 1. The summed E-state index contributed by atoms with van der Waals surface area (Å²) in [7, 11) is 1.54. The van der Waals surface area contributed by atoms with Crippen molar-refractivity contribution in [2.24, 2.45) is 0 Å². The Morgan fingerprint density at radius 2 is 1.95 bits per heavy atom. The Balaban J connectivity index is 2.26. The maximum Gasteiger partial charge on any atom is 0.340 e. The van der Waals surface area contributed by atoms with E-state index in [0.717, 1.165) is 17.1 Å². The number of anilines is 1. The van der Waals surface area contributed by atoms with E-state index in [4.69, 9.17) is 4.52 Å². The molecule has 0 spiro atoms. The molecule has 2 aromatic rings. The van der Waals surface area contributed by atoms with E-state index >= 15 is 0 Å². The van der Waals surface area contributed by atoms with Gasteiger partial charge in [0.1, 0.15) is 16.3 Å². The first-order valence-corrected chi connectivity index (χ1v) is 6.98. The maximum absolute atomic E-state index is 12.3. The normalized spacial score (nSPS) is 10.7. The maximum atomic E-state index is 12.3. The van der Waals surface area contributed by atoms with Crippen molar-refractivity contribution in [2.45, 2.75) is 27.2 Å². The summed E-state index contributed by atoms with van der Waals surface area (Å²) in [6.07, 6.45) is 0.105. The van der Waals surface area contributed by atoms with Gasteiger partial charge in [-0.3, -0.25) is 4.79 Å². The summed E-state index contributed by atoms with van der Waals surface area (Å²) in [5.41, 5.74) is 1.85. The average Bonchev–Trinajstić information content (AvgIpc) is 2.95. The Kier molecular flexibility index (Phi) is 4.08. The molecule has 0 aliphatic rings. The summed E-state index contributed by atoms with van der Waals surface area (Å²) in [6.45, 7) is 5.11. The molecule has 0 radical (unpaired) electrons. The quantitative estimate of drug-likeness (QED) is 0.927. The standard InChI is InChI=1S/C13H15N3O4S/c1-6-9(8(3)20-14-6)5-10(17)16(4)12-11(13(18)19)7(2)15-21-12/h5H2,1-4H3,(H,18,19). The van der Waals surface area contributed by atoms with Crippen LogP contribution in [0.1, 0.15) is 33.1 Å². The molecule has 2 heterocycles. The molecule has 0 aromatic carbocycles. The number of aryl methyl sites for hydroxylation is 3. The van der Waals surface area contributed by atoms with Crippen LogP contribution < -0.4 is 4.90 Å². The lowest BCUT2D eigenvalue weighted by molar-refractivity contribution is -0.117. The monoisotopic (exact) mass is 309 g/mol. The lowest BCUT2D eigenvalue weighted by atomic mass is 10.1. The van der Waals surface area contributed by atoms with Crippen LogP contribution in [0.2, 0.25) is 0 Å². The van der Waals surface area contributed by atoms with Gasteiger partial charge in [-0.25, -0.2) is 4.79 Å². The Hall–Kier alpha value is -2.22. The molecule has 0 saturated carbocycles. The second-order valence-electron chi connectivity index (χ2n) is 4.69. The molecule has 21 heavy (non-hydrogen) atoms. The van der Waals surface area contributed by atoms with Crippen molar-refractivity contribution in [2.75, 3.05) is 11.9 Å². The highest BCUT2D eigenvalue weighted by molar-refractivity contribution is 7.11. The topological polar surface area (TPSA) is 96.5 Å². The first-order valence-electron chi connectivity index (χ1n) is 6.20. The lowest BCUT2D eigenvalue weighted by Gasteiger charge is -2.15. The smallest absolute Gasteiger partial charge is 0.340 e. The second kappa shape index (κ2) is 5.65. The molecule has 0 bridgehead atoms. The van der Waals surface area contributed by atoms with Crippen LogP contribution in [0.4, 0.5) is 5.00 Å². The third-order valence-electron chi connectivity index (χ3n) is 3.25. The number of hydrogen-bond acceptors (Lipinski definition) is 6. The fourth-order valence-corrected chi connectivity index (χ4v) is 2.84. The van der Waals surface area contributed by atoms with Gasteiger partial charge in [0.05, 0.1) is 17.8 Å². The molecular weight excluding hydrogens is 294 g/mol. The van der Waals surface area contributed by atoms with Gasteiger partial charge in [-0.05, 0) is 32.3 Å². The average molecular weight is 309 g/mol. The van der Waals surface area contributed by atoms with Crippen molar-refractivity contribution >= 4 is 28.4 Å². The molecule has 112 valence electrons. The van der Waals surface area contributed by atoms with Crippen LogP contribution in [-0.4, -0.2) is 33.6 Å². The number of likely N-dealkylation sites (N-methyl/N-ethyl adjacent to an activating group) is 1. The van der Waals surface area contributed by atoms with E-state index in [1.54, 1.807) is 27.8 Å². The highest BCUT2D eigenvalue weighted by Crippen LogP contribution is 2.28. The molecule has 2 rings (SSSR count). The molecule has 1 amide bonds. The summed E-state index contributed by atoms with van der Waals surface area (Å²) in [6, 6.07) is 0. The van der Waals surface area contributed by atoms with Crippen LogP contribution in [0, 0.1) is 20.8 Å². The van der Waals surface area contributed by atoms with Gasteiger partial charge in [-0.15, -0.1) is 0 Å². The van der Waals surface area contributed by atoms with Crippen LogP contribution in [0.3, 0.4) is 0 Å². The SMILES string of the molecule is Cc1noc(C)c1CC(=O)N(C)c1snc(C)c1C(=O)O. The zero-order chi connectivity index (χ0) is 15.7. The van der Waals surface area contributed by atoms with E-state index in [1.165, 1.54) is 4.90 Å². The number of amides is 1. The zero-order valence-electron chi connectivity index (χ0n) is 12.1. The van der Waals surface area contributed by atoms with Crippen molar-refractivity contribution in [1.82, 2.24) is 9.53 Å². The molecule has 0 aliphatic heterocycles. The summed E-state index contributed by atoms with van der Waals surface area (Å²) in [4.78, 5) is 24.9. The van der Waals surface area contributed by atoms with E-state index in [1.807, 2.05) is 0 Å². The van der Waals surface area contributed by atoms with Gasteiger partial charge >= 0.3 is 5.97 Å². The van der Waals surface area contributed by atoms with Crippen LogP contribution >= 0.6 is 11.5 Å². The van der Waals surface area contributed by atoms with Gasteiger partial charge in [-0.1, -0.05) is 5.16 Å². The molecular formula is C13H15N3O4S. The Bertz CT molecular complexity index is 685. The summed E-state index contributed by atoms with van der Waals surface area (Å²) in [5, 5.41) is 13.3. The Morgan fingerprint density at radius 3 is 2.48 bits per heavy atom. The third kappa shape index (κ3) is 2.80. The predicted octanol–water partition coefficient (Wildman–Crippen LogP) is 1.96. The van der Waals surface area contributed by atoms with E-state index < -0.39 is 5.97 Å². The summed E-state index contributed by atoms with van der Waals surface area (Å²) >= 11 is 0.997. The fourth-order valence-electron chi connectivity index (χ4n) is 1.97. The number of carbonyl (C=O) groups excluding carboxylic acids is 1. The van der Waals surface area contributed by atoms with Crippen molar-refractivity contribution in [3.05, 3.63) is 28.3 Å². The number of aromatic carboxylic acids is 1. The first kappa shape index (κ1) is 15.2. The van der Waals surface area contributed by atoms with Crippen LogP contribution in [0.25, 0.3) is 0 Å². The highest BCUT2D eigenvalue weighted by atomic mass is 32.1. The number of rotatable bonds is 4. The molecule has 0 aliphatic carbocycles.